The predicted molar refractivity (Wildman–Crippen MR) is 91.8 cm³/mol. The lowest BCUT2D eigenvalue weighted by atomic mass is 10.1. The second kappa shape index (κ2) is 7.74. The molecule has 0 aliphatic rings. The Bertz CT molecular complexity index is 624. The maximum atomic E-state index is 12.6. The van der Waals surface area contributed by atoms with Crippen LogP contribution < -0.4 is 5.32 Å². The zero-order valence-corrected chi connectivity index (χ0v) is 13.7. The highest BCUT2D eigenvalue weighted by molar-refractivity contribution is 5.94. The summed E-state index contributed by atoms with van der Waals surface area (Å²) in [4.78, 5) is 18.2. The third-order valence-corrected chi connectivity index (χ3v) is 3.45. The number of carbonyl (C=O) groups excluding carboxylic acids is 1. The highest BCUT2D eigenvalue weighted by Crippen LogP contribution is 2.17. The molecule has 2 N–H and O–H groups in total. The Morgan fingerprint density at radius 2 is 1.65 bits per heavy atom. The Balaban J connectivity index is 2.10. The largest absolute Gasteiger partial charge is 0.392 e. The lowest BCUT2D eigenvalue weighted by molar-refractivity contribution is 0.0579. The van der Waals surface area contributed by atoms with Crippen LogP contribution in [0.4, 0.5) is 11.4 Å². The van der Waals surface area contributed by atoms with Crippen LogP contribution in [0.2, 0.25) is 0 Å². The van der Waals surface area contributed by atoms with Crippen molar-refractivity contribution in [3.63, 3.8) is 0 Å². The van der Waals surface area contributed by atoms with Gasteiger partial charge in [0.05, 0.1) is 6.10 Å². The molecule has 5 nitrogen and oxygen atoms in total. The van der Waals surface area contributed by atoms with Gasteiger partial charge in [0.25, 0.3) is 5.91 Å². The molecule has 0 radical (unpaired) electrons. The normalized spacial score (nSPS) is 12.0. The van der Waals surface area contributed by atoms with Gasteiger partial charge in [0.2, 0.25) is 0 Å². The minimum Gasteiger partial charge on any atom is -0.392 e. The van der Waals surface area contributed by atoms with E-state index in [-0.39, 0.29) is 11.9 Å². The first-order chi connectivity index (χ1) is 11.0. The number of benzene rings is 1. The van der Waals surface area contributed by atoms with Gasteiger partial charge in [0, 0.05) is 41.9 Å². The Labute approximate surface area is 137 Å². The molecule has 2 aromatic rings. The molecule has 0 saturated carbocycles. The van der Waals surface area contributed by atoms with Crippen molar-refractivity contribution in [1.82, 2.24) is 9.88 Å². The van der Waals surface area contributed by atoms with Crippen molar-refractivity contribution in [2.75, 3.05) is 11.9 Å². The van der Waals surface area contributed by atoms with Crippen molar-refractivity contribution >= 4 is 17.3 Å². The van der Waals surface area contributed by atoms with E-state index in [4.69, 9.17) is 0 Å². The molecule has 1 heterocycles. The molecule has 122 valence electrons. The van der Waals surface area contributed by atoms with Crippen molar-refractivity contribution in [1.29, 1.82) is 0 Å². The number of nitrogens with one attached hydrogen (secondary N) is 1. The van der Waals surface area contributed by atoms with Crippen molar-refractivity contribution in [2.24, 2.45) is 0 Å². The molecule has 0 aliphatic heterocycles. The smallest absolute Gasteiger partial charge is 0.254 e. The molecule has 0 spiro atoms. The van der Waals surface area contributed by atoms with E-state index in [0.717, 1.165) is 11.4 Å². The fourth-order valence-electron chi connectivity index (χ4n) is 2.28. The molecule has 23 heavy (non-hydrogen) atoms. The first-order valence-electron chi connectivity index (χ1n) is 7.73. The van der Waals surface area contributed by atoms with Gasteiger partial charge in [-0.05, 0) is 57.2 Å². The highest BCUT2D eigenvalue weighted by Gasteiger charge is 2.20. The van der Waals surface area contributed by atoms with E-state index in [0.29, 0.717) is 12.1 Å². The number of hydrogen-bond donors (Lipinski definition) is 2. The van der Waals surface area contributed by atoms with Gasteiger partial charge in [-0.3, -0.25) is 9.78 Å². The molecule has 0 fully saturated rings. The number of aliphatic hydroxyl groups excluding tert-OH is 1. The van der Waals surface area contributed by atoms with Crippen molar-refractivity contribution < 1.29 is 9.90 Å². The first kappa shape index (κ1) is 17.0. The van der Waals surface area contributed by atoms with Crippen LogP contribution in [0.1, 0.15) is 31.1 Å². The molecule has 1 aromatic heterocycles. The van der Waals surface area contributed by atoms with Crippen molar-refractivity contribution in [3.05, 3.63) is 54.4 Å². The number of hydrogen-bond acceptors (Lipinski definition) is 4. The average Bonchev–Trinajstić information content (AvgIpc) is 2.53. The average molecular weight is 313 g/mol. The Hall–Kier alpha value is -2.40. The van der Waals surface area contributed by atoms with Crippen LogP contribution in [0, 0.1) is 0 Å². The minimum absolute atomic E-state index is 0.0340. The summed E-state index contributed by atoms with van der Waals surface area (Å²) in [6.07, 6.45) is 2.89. The number of pyridine rings is 1. The third kappa shape index (κ3) is 4.79. The second-order valence-electron chi connectivity index (χ2n) is 5.84. The number of carbonyl (C=O) groups is 1. The molecule has 0 aliphatic carbocycles. The lowest BCUT2D eigenvalue weighted by Crippen LogP contribution is -2.41. The van der Waals surface area contributed by atoms with Gasteiger partial charge < -0.3 is 15.3 Å². The van der Waals surface area contributed by atoms with Gasteiger partial charge >= 0.3 is 0 Å². The van der Waals surface area contributed by atoms with Gasteiger partial charge in [0.15, 0.2) is 0 Å². The molecule has 2 rings (SSSR count). The van der Waals surface area contributed by atoms with E-state index in [1.807, 2.05) is 38.1 Å². The number of anilines is 2. The number of amides is 1. The van der Waals surface area contributed by atoms with E-state index in [1.54, 1.807) is 36.4 Å². The van der Waals surface area contributed by atoms with E-state index in [9.17, 15) is 9.90 Å². The summed E-state index contributed by atoms with van der Waals surface area (Å²) in [5.74, 6) is -0.0728. The fourth-order valence-corrected chi connectivity index (χ4v) is 2.28. The topological polar surface area (TPSA) is 65.5 Å². The molecule has 1 unspecified atom stereocenters. The Kier molecular flexibility index (Phi) is 5.71. The summed E-state index contributed by atoms with van der Waals surface area (Å²) in [6.45, 7) is 5.90. The van der Waals surface area contributed by atoms with Crippen LogP contribution >= 0.6 is 0 Å². The van der Waals surface area contributed by atoms with Crippen LogP contribution in [0.5, 0.6) is 0 Å². The number of aliphatic hydroxyl groups is 1. The van der Waals surface area contributed by atoms with E-state index in [1.165, 1.54) is 0 Å². The molecule has 1 amide bonds. The molecule has 0 saturated heterocycles. The van der Waals surface area contributed by atoms with Gasteiger partial charge in [-0.15, -0.1) is 0 Å². The highest BCUT2D eigenvalue weighted by atomic mass is 16.3. The van der Waals surface area contributed by atoms with Gasteiger partial charge in [-0.2, -0.15) is 0 Å². The van der Waals surface area contributed by atoms with Gasteiger partial charge in [-0.25, -0.2) is 0 Å². The summed E-state index contributed by atoms with van der Waals surface area (Å²) in [5, 5.41) is 12.8. The first-order valence-corrected chi connectivity index (χ1v) is 7.73. The molecular weight excluding hydrogens is 290 g/mol. The van der Waals surface area contributed by atoms with Gasteiger partial charge in [0.1, 0.15) is 0 Å². The zero-order valence-electron chi connectivity index (χ0n) is 13.7. The van der Waals surface area contributed by atoms with E-state index >= 15 is 0 Å². The fraction of sp³-hybridized carbons (Fsp3) is 0.333. The van der Waals surface area contributed by atoms with Crippen molar-refractivity contribution in [3.8, 4) is 0 Å². The summed E-state index contributed by atoms with van der Waals surface area (Å²) >= 11 is 0. The summed E-state index contributed by atoms with van der Waals surface area (Å²) in [6, 6.07) is 11.1. The molecule has 0 bridgehead atoms. The van der Waals surface area contributed by atoms with Gasteiger partial charge in [-0.1, -0.05) is 0 Å². The van der Waals surface area contributed by atoms with E-state index in [2.05, 4.69) is 10.3 Å². The zero-order chi connectivity index (χ0) is 16.8. The van der Waals surface area contributed by atoms with Crippen LogP contribution in [0.15, 0.2) is 48.8 Å². The number of rotatable bonds is 6. The van der Waals surface area contributed by atoms with Crippen LogP contribution in [0.25, 0.3) is 0 Å². The maximum absolute atomic E-state index is 12.6. The SMILES string of the molecule is CC(O)CN(C(=O)c1ccc(Nc2ccncc2)cc1)C(C)C. The lowest BCUT2D eigenvalue weighted by Gasteiger charge is -2.28. The second-order valence-corrected chi connectivity index (χ2v) is 5.84. The van der Waals surface area contributed by atoms with Crippen LogP contribution in [0.3, 0.4) is 0 Å². The van der Waals surface area contributed by atoms with Crippen molar-refractivity contribution in [2.45, 2.75) is 32.9 Å². The molecule has 1 aromatic carbocycles. The Morgan fingerprint density at radius 3 is 2.17 bits per heavy atom. The molecular formula is C18H23N3O2. The predicted octanol–water partition coefficient (Wildman–Crippen LogP) is 3.06. The van der Waals surface area contributed by atoms with E-state index < -0.39 is 6.10 Å². The van der Waals surface area contributed by atoms with Crippen LogP contribution in [-0.2, 0) is 0 Å². The number of nitrogens with zero attached hydrogens (tertiary/aromatic N) is 2. The third-order valence-electron chi connectivity index (χ3n) is 3.45. The summed E-state index contributed by atoms with van der Waals surface area (Å²) in [7, 11) is 0. The molecule has 1 atom stereocenters. The summed E-state index contributed by atoms with van der Waals surface area (Å²) in [5.41, 5.74) is 2.45. The number of aromatic nitrogens is 1. The molecule has 5 heteroatoms. The van der Waals surface area contributed by atoms with Crippen LogP contribution in [-0.4, -0.2) is 39.6 Å². The minimum atomic E-state index is -0.547. The summed E-state index contributed by atoms with van der Waals surface area (Å²) < 4.78 is 0. The maximum Gasteiger partial charge on any atom is 0.254 e. The standard InChI is InChI=1S/C18H23N3O2/c1-13(2)21(12-14(3)22)18(23)15-4-6-16(7-5-15)20-17-8-10-19-11-9-17/h4-11,13-14,22H,12H2,1-3H3,(H,19,20). The monoisotopic (exact) mass is 313 g/mol. The quantitative estimate of drug-likeness (QED) is 0.860. The Morgan fingerprint density at radius 1 is 1.09 bits per heavy atom.